The number of nitrogens with zero attached hydrogens (tertiary/aromatic N) is 1. The maximum Gasteiger partial charge on any atom is 0.183 e. The molecule has 0 unspecified atom stereocenters. The van der Waals surface area contributed by atoms with Crippen LogP contribution in [0.15, 0.2) is 4.99 Å². The van der Waals surface area contributed by atoms with E-state index in [2.05, 4.69) is 25.8 Å². The molecule has 0 rings (SSSR count). The fraction of sp³-hybridized carbons (Fsp3) is 0.875. The largest absolute Gasteiger partial charge is 0.484 e. The average molecular weight is 143 g/mol. The molecule has 10 heavy (non-hydrogen) atoms. The Balaban J connectivity index is 3.88. The van der Waals surface area contributed by atoms with Gasteiger partial charge in [-0.05, 0) is 5.41 Å². The molecule has 0 aliphatic rings. The van der Waals surface area contributed by atoms with E-state index < -0.39 is 0 Å². The molecular weight excluding hydrogens is 126 g/mol. The molecule has 0 N–H and O–H groups in total. The van der Waals surface area contributed by atoms with Gasteiger partial charge in [-0.3, -0.25) is 4.99 Å². The zero-order valence-corrected chi connectivity index (χ0v) is 7.56. The van der Waals surface area contributed by atoms with E-state index in [1.807, 2.05) is 0 Å². The fourth-order valence-electron chi connectivity index (χ4n) is 0.696. The highest BCUT2D eigenvalue weighted by Crippen LogP contribution is 2.19. The molecule has 0 aliphatic heterocycles. The normalized spacial score (nSPS) is 13.5. The fourth-order valence-corrected chi connectivity index (χ4v) is 0.696. The van der Waals surface area contributed by atoms with Crippen LogP contribution in [-0.4, -0.2) is 20.1 Å². The van der Waals surface area contributed by atoms with Crippen molar-refractivity contribution in [3.63, 3.8) is 0 Å². The molecular formula is C8H17NO. The summed E-state index contributed by atoms with van der Waals surface area (Å²) in [6, 6.07) is 0. The molecule has 0 aromatic carbocycles. The molecule has 0 fully saturated rings. The van der Waals surface area contributed by atoms with Crippen LogP contribution >= 0.6 is 0 Å². The standard InChI is InChI=1S/C8H17NO/c1-8(2,3)6-7(9-4)10-5/h6H2,1-5H3/b9-7-. The molecule has 0 atom stereocenters. The lowest BCUT2D eigenvalue weighted by Gasteiger charge is -2.17. The predicted octanol–water partition coefficient (Wildman–Crippen LogP) is 2.10. The number of methoxy groups -OCH3 is 1. The Labute approximate surface area is 63.3 Å². The topological polar surface area (TPSA) is 21.6 Å². The maximum absolute atomic E-state index is 5.03. The number of hydrogen-bond donors (Lipinski definition) is 0. The summed E-state index contributed by atoms with van der Waals surface area (Å²) in [6.45, 7) is 6.49. The van der Waals surface area contributed by atoms with Gasteiger partial charge in [0.15, 0.2) is 5.90 Å². The van der Waals surface area contributed by atoms with Gasteiger partial charge >= 0.3 is 0 Å². The lowest BCUT2D eigenvalue weighted by molar-refractivity contribution is 0.341. The Kier molecular flexibility index (Phi) is 3.40. The van der Waals surface area contributed by atoms with Crippen molar-refractivity contribution in [3.05, 3.63) is 0 Å². The number of hydrogen-bond acceptors (Lipinski definition) is 2. The molecule has 0 saturated carbocycles. The van der Waals surface area contributed by atoms with Crippen LogP contribution in [0, 0.1) is 5.41 Å². The summed E-state index contributed by atoms with van der Waals surface area (Å²) in [6.07, 6.45) is 0.903. The first-order valence-corrected chi connectivity index (χ1v) is 3.49. The zero-order valence-electron chi connectivity index (χ0n) is 7.56. The van der Waals surface area contributed by atoms with Crippen LogP contribution in [0.2, 0.25) is 0 Å². The number of ether oxygens (including phenoxy) is 1. The molecule has 0 aromatic heterocycles. The number of rotatable bonds is 1. The summed E-state index contributed by atoms with van der Waals surface area (Å²) in [7, 11) is 3.42. The third-order valence-corrected chi connectivity index (χ3v) is 1.17. The van der Waals surface area contributed by atoms with E-state index >= 15 is 0 Å². The Bertz CT molecular complexity index is 122. The van der Waals surface area contributed by atoms with E-state index in [9.17, 15) is 0 Å². The average Bonchev–Trinajstić information content (AvgIpc) is 1.81. The van der Waals surface area contributed by atoms with Crippen molar-refractivity contribution in [1.82, 2.24) is 0 Å². The summed E-state index contributed by atoms with van der Waals surface area (Å²) in [5.41, 5.74) is 0.269. The summed E-state index contributed by atoms with van der Waals surface area (Å²) >= 11 is 0. The van der Waals surface area contributed by atoms with E-state index in [1.54, 1.807) is 14.2 Å². The molecule has 2 heteroatoms. The first-order valence-electron chi connectivity index (χ1n) is 3.49. The van der Waals surface area contributed by atoms with Crippen molar-refractivity contribution < 1.29 is 4.74 Å². The zero-order chi connectivity index (χ0) is 8.20. The van der Waals surface area contributed by atoms with Crippen LogP contribution in [0.1, 0.15) is 27.2 Å². The second kappa shape index (κ2) is 3.59. The molecule has 0 amide bonds. The van der Waals surface area contributed by atoms with Gasteiger partial charge in [-0.15, -0.1) is 0 Å². The van der Waals surface area contributed by atoms with Crippen molar-refractivity contribution in [2.45, 2.75) is 27.2 Å². The van der Waals surface area contributed by atoms with Gasteiger partial charge in [-0.1, -0.05) is 20.8 Å². The SMILES string of the molecule is C/N=C(/CC(C)(C)C)OC. The minimum atomic E-state index is 0.269. The molecule has 0 bridgehead atoms. The van der Waals surface area contributed by atoms with E-state index in [0.717, 1.165) is 12.3 Å². The van der Waals surface area contributed by atoms with Crippen LogP contribution < -0.4 is 0 Å². The van der Waals surface area contributed by atoms with Gasteiger partial charge in [0.05, 0.1) is 7.11 Å². The van der Waals surface area contributed by atoms with Gasteiger partial charge in [-0.2, -0.15) is 0 Å². The van der Waals surface area contributed by atoms with Crippen molar-refractivity contribution in [3.8, 4) is 0 Å². The van der Waals surface area contributed by atoms with Gasteiger partial charge in [0.25, 0.3) is 0 Å². The second-order valence-corrected chi connectivity index (χ2v) is 3.56. The van der Waals surface area contributed by atoms with Gasteiger partial charge in [-0.25, -0.2) is 0 Å². The lowest BCUT2D eigenvalue weighted by Crippen LogP contribution is -2.14. The van der Waals surface area contributed by atoms with Gasteiger partial charge < -0.3 is 4.74 Å². The van der Waals surface area contributed by atoms with Crippen LogP contribution in [0.3, 0.4) is 0 Å². The molecule has 0 saturated heterocycles. The van der Waals surface area contributed by atoms with E-state index in [1.165, 1.54) is 0 Å². The van der Waals surface area contributed by atoms with Crippen LogP contribution in [-0.2, 0) is 4.74 Å². The molecule has 0 aliphatic carbocycles. The Morgan fingerprint density at radius 3 is 2.00 bits per heavy atom. The molecule has 60 valence electrons. The summed E-state index contributed by atoms with van der Waals surface area (Å²) < 4.78 is 5.03. The Hall–Kier alpha value is -0.530. The third-order valence-electron chi connectivity index (χ3n) is 1.17. The van der Waals surface area contributed by atoms with Crippen molar-refractivity contribution in [2.75, 3.05) is 14.2 Å². The first-order chi connectivity index (χ1) is 4.49. The summed E-state index contributed by atoms with van der Waals surface area (Å²) in [5, 5.41) is 0. The quantitative estimate of drug-likeness (QED) is 0.407. The first kappa shape index (κ1) is 9.47. The molecule has 0 heterocycles. The molecule has 2 nitrogen and oxygen atoms in total. The van der Waals surface area contributed by atoms with Crippen LogP contribution in [0.4, 0.5) is 0 Å². The van der Waals surface area contributed by atoms with Gasteiger partial charge in [0, 0.05) is 13.5 Å². The minimum absolute atomic E-state index is 0.269. The van der Waals surface area contributed by atoms with Gasteiger partial charge in [0.1, 0.15) is 0 Å². The predicted molar refractivity (Wildman–Crippen MR) is 44.4 cm³/mol. The highest BCUT2D eigenvalue weighted by atomic mass is 16.5. The Morgan fingerprint density at radius 1 is 1.40 bits per heavy atom. The highest BCUT2D eigenvalue weighted by Gasteiger charge is 2.13. The molecule has 0 spiro atoms. The van der Waals surface area contributed by atoms with E-state index in [4.69, 9.17) is 4.74 Å². The smallest absolute Gasteiger partial charge is 0.183 e. The van der Waals surface area contributed by atoms with E-state index in [-0.39, 0.29) is 5.41 Å². The summed E-state index contributed by atoms with van der Waals surface area (Å²) in [4.78, 5) is 3.99. The third kappa shape index (κ3) is 4.36. The highest BCUT2D eigenvalue weighted by molar-refractivity contribution is 5.76. The van der Waals surface area contributed by atoms with Crippen molar-refractivity contribution >= 4 is 5.90 Å². The Morgan fingerprint density at radius 2 is 1.90 bits per heavy atom. The number of aliphatic imine (C=N–C) groups is 1. The maximum atomic E-state index is 5.03. The molecule has 0 aromatic rings. The monoisotopic (exact) mass is 143 g/mol. The summed E-state index contributed by atoms with van der Waals surface area (Å²) in [5.74, 6) is 0.826. The van der Waals surface area contributed by atoms with Crippen molar-refractivity contribution in [1.29, 1.82) is 0 Å². The van der Waals surface area contributed by atoms with E-state index in [0.29, 0.717) is 0 Å². The van der Waals surface area contributed by atoms with Crippen LogP contribution in [0.5, 0.6) is 0 Å². The minimum Gasteiger partial charge on any atom is -0.484 e. The molecule has 0 radical (unpaired) electrons. The lowest BCUT2D eigenvalue weighted by atomic mass is 9.92. The van der Waals surface area contributed by atoms with Crippen LogP contribution in [0.25, 0.3) is 0 Å². The van der Waals surface area contributed by atoms with Crippen molar-refractivity contribution in [2.24, 2.45) is 10.4 Å². The van der Waals surface area contributed by atoms with Gasteiger partial charge in [0.2, 0.25) is 0 Å². The second-order valence-electron chi connectivity index (χ2n) is 3.56.